The van der Waals surface area contributed by atoms with Gasteiger partial charge in [-0.15, -0.1) is 13.2 Å². The fraction of sp³-hybridized carbons (Fsp3) is 0.435. The first-order valence-corrected chi connectivity index (χ1v) is 12.6. The van der Waals surface area contributed by atoms with Gasteiger partial charge in [-0.3, -0.25) is 4.79 Å². The van der Waals surface area contributed by atoms with Crippen LogP contribution in [0.1, 0.15) is 23.2 Å². The minimum absolute atomic E-state index is 0.0354. The van der Waals surface area contributed by atoms with Crippen LogP contribution in [0.4, 0.5) is 13.2 Å². The highest BCUT2D eigenvalue weighted by Gasteiger charge is 2.33. The molecule has 8 nitrogen and oxygen atoms in total. The van der Waals surface area contributed by atoms with Gasteiger partial charge in [-0.1, -0.05) is 18.2 Å². The number of carbonyl (C=O) groups is 1. The molecule has 1 amide bonds. The van der Waals surface area contributed by atoms with E-state index >= 15 is 0 Å². The molecular formula is C23H25F3N2O6S. The first kappa shape index (κ1) is 25.3. The summed E-state index contributed by atoms with van der Waals surface area (Å²) >= 11 is 0. The Morgan fingerprint density at radius 1 is 0.943 bits per heavy atom. The molecule has 4 rings (SSSR count). The van der Waals surface area contributed by atoms with E-state index in [4.69, 9.17) is 9.47 Å². The number of benzene rings is 2. The van der Waals surface area contributed by atoms with Crippen molar-refractivity contribution in [3.8, 4) is 11.5 Å². The van der Waals surface area contributed by atoms with Crippen molar-refractivity contribution < 1.29 is 40.6 Å². The Hall–Kier alpha value is -2.83. The van der Waals surface area contributed by atoms with Crippen LogP contribution < -0.4 is 9.47 Å². The number of hydrogen-bond donors (Lipinski definition) is 0. The van der Waals surface area contributed by atoms with Crippen molar-refractivity contribution in [1.29, 1.82) is 0 Å². The van der Waals surface area contributed by atoms with Gasteiger partial charge in [-0.2, -0.15) is 4.31 Å². The maximum Gasteiger partial charge on any atom is 0.573 e. The van der Waals surface area contributed by atoms with Crippen LogP contribution in [-0.2, 0) is 14.8 Å². The van der Waals surface area contributed by atoms with Gasteiger partial charge in [-0.25, -0.2) is 8.42 Å². The van der Waals surface area contributed by atoms with Crippen LogP contribution in [0.5, 0.6) is 11.5 Å². The third-order valence-corrected chi connectivity index (χ3v) is 7.73. The van der Waals surface area contributed by atoms with E-state index in [0.29, 0.717) is 39.1 Å². The summed E-state index contributed by atoms with van der Waals surface area (Å²) in [5, 5.41) is 0. The van der Waals surface area contributed by atoms with E-state index in [1.807, 2.05) is 0 Å². The zero-order chi connectivity index (χ0) is 25.1. The topological polar surface area (TPSA) is 85.4 Å². The third kappa shape index (κ3) is 6.24. The van der Waals surface area contributed by atoms with Gasteiger partial charge in [-0.05, 0) is 24.3 Å². The van der Waals surface area contributed by atoms with E-state index < -0.39 is 22.3 Å². The van der Waals surface area contributed by atoms with E-state index in [9.17, 15) is 26.4 Å². The van der Waals surface area contributed by atoms with E-state index in [1.54, 1.807) is 17.0 Å². The molecule has 0 saturated carbocycles. The molecule has 0 bridgehead atoms. The number of morpholine rings is 1. The molecule has 0 aromatic heterocycles. The van der Waals surface area contributed by atoms with Crippen LogP contribution in [0.2, 0.25) is 0 Å². The van der Waals surface area contributed by atoms with Crippen molar-refractivity contribution in [2.24, 2.45) is 0 Å². The Balaban J connectivity index is 1.40. The number of halogens is 3. The number of sulfonamides is 1. The highest BCUT2D eigenvalue weighted by molar-refractivity contribution is 7.89. The van der Waals surface area contributed by atoms with Gasteiger partial charge in [0.2, 0.25) is 10.0 Å². The van der Waals surface area contributed by atoms with Gasteiger partial charge in [0.15, 0.2) is 0 Å². The van der Waals surface area contributed by atoms with Crippen LogP contribution in [0.3, 0.4) is 0 Å². The summed E-state index contributed by atoms with van der Waals surface area (Å²) in [6.07, 6.45) is -4.23. The van der Waals surface area contributed by atoms with Crippen molar-refractivity contribution in [2.45, 2.75) is 30.2 Å². The van der Waals surface area contributed by atoms with Crippen LogP contribution in [-0.4, -0.2) is 75.4 Å². The Kier molecular flexibility index (Phi) is 7.53. The van der Waals surface area contributed by atoms with Gasteiger partial charge in [0.05, 0.1) is 23.7 Å². The third-order valence-electron chi connectivity index (χ3n) is 5.78. The van der Waals surface area contributed by atoms with E-state index in [-0.39, 0.29) is 41.2 Å². The van der Waals surface area contributed by atoms with Gasteiger partial charge in [0.1, 0.15) is 17.6 Å². The number of rotatable bonds is 6. The van der Waals surface area contributed by atoms with Crippen molar-refractivity contribution in [2.75, 3.05) is 39.4 Å². The predicted octanol–water partition coefficient (Wildman–Crippen LogP) is 3.29. The van der Waals surface area contributed by atoms with E-state index in [2.05, 4.69) is 4.74 Å². The number of nitrogens with zero attached hydrogens (tertiary/aromatic N) is 2. The SMILES string of the molecule is O=C(c1ccccc1S(=O)(=O)N1CCOCC1)N1CCC(Oc2cccc(OC(F)(F)F)c2)CC1. The molecule has 190 valence electrons. The normalized spacial score (nSPS) is 18.3. The summed E-state index contributed by atoms with van der Waals surface area (Å²) < 4.78 is 80.0. The summed E-state index contributed by atoms with van der Waals surface area (Å²) in [6, 6.07) is 11.4. The van der Waals surface area contributed by atoms with Gasteiger partial charge in [0.25, 0.3) is 5.91 Å². The second kappa shape index (κ2) is 10.4. The van der Waals surface area contributed by atoms with Crippen LogP contribution in [0.15, 0.2) is 53.4 Å². The molecule has 0 spiro atoms. The molecule has 0 N–H and O–H groups in total. The molecule has 0 aliphatic carbocycles. The lowest BCUT2D eigenvalue weighted by Gasteiger charge is -2.33. The number of hydrogen-bond acceptors (Lipinski definition) is 6. The molecule has 0 atom stereocenters. The summed E-state index contributed by atoms with van der Waals surface area (Å²) in [4.78, 5) is 14.8. The molecule has 2 aliphatic heterocycles. The molecule has 0 radical (unpaired) electrons. The smallest absolute Gasteiger partial charge is 0.490 e. The average Bonchev–Trinajstić information content (AvgIpc) is 2.84. The molecule has 2 fully saturated rings. The number of piperidine rings is 1. The number of likely N-dealkylation sites (tertiary alicyclic amines) is 1. The number of carbonyl (C=O) groups excluding carboxylic acids is 1. The predicted molar refractivity (Wildman–Crippen MR) is 119 cm³/mol. The zero-order valence-corrected chi connectivity index (χ0v) is 19.6. The first-order chi connectivity index (χ1) is 16.6. The summed E-state index contributed by atoms with van der Waals surface area (Å²) in [7, 11) is -3.86. The molecule has 2 aromatic carbocycles. The zero-order valence-electron chi connectivity index (χ0n) is 18.7. The Morgan fingerprint density at radius 3 is 2.29 bits per heavy atom. The Morgan fingerprint density at radius 2 is 1.60 bits per heavy atom. The van der Waals surface area contributed by atoms with E-state index in [0.717, 1.165) is 6.07 Å². The molecule has 2 heterocycles. The Bertz CT molecular complexity index is 1140. The molecule has 2 saturated heterocycles. The fourth-order valence-corrected chi connectivity index (χ4v) is 5.67. The molecule has 2 aromatic rings. The fourth-order valence-electron chi connectivity index (χ4n) is 4.08. The minimum Gasteiger partial charge on any atom is -0.490 e. The maximum atomic E-state index is 13.2. The highest BCUT2D eigenvalue weighted by Crippen LogP contribution is 2.29. The lowest BCUT2D eigenvalue weighted by atomic mass is 10.1. The van der Waals surface area contributed by atoms with Crippen molar-refractivity contribution in [1.82, 2.24) is 9.21 Å². The van der Waals surface area contributed by atoms with E-state index in [1.165, 1.54) is 34.6 Å². The number of alkyl halides is 3. The lowest BCUT2D eigenvalue weighted by Crippen LogP contribution is -2.43. The Labute approximate surface area is 201 Å². The molecule has 2 aliphatic rings. The maximum absolute atomic E-state index is 13.2. The number of ether oxygens (including phenoxy) is 3. The van der Waals surface area contributed by atoms with Crippen molar-refractivity contribution in [3.05, 3.63) is 54.1 Å². The minimum atomic E-state index is -4.80. The van der Waals surface area contributed by atoms with Gasteiger partial charge >= 0.3 is 6.36 Å². The number of amides is 1. The second-order valence-electron chi connectivity index (χ2n) is 8.14. The monoisotopic (exact) mass is 514 g/mol. The first-order valence-electron chi connectivity index (χ1n) is 11.1. The van der Waals surface area contributed by atoms with Crippen LogP contribution in [0.25, 0.3) is 0 Å². The largest absolute Gasteiger partial charge is 0.573 e. The van der Waals surface area contributed by atoms with Crippen molar-refractivity contribution in [3.63, 3.8) is 0 Å². The van der Waals surface area contributed by atoms with Gasteiger partial charge in [0, 0.05) is 45.1 Å². The summed E-state index contributed by atoms with van der Waals surface area (Å²) in [6.45, 7) is 1.68. The summed E-state index contributed by atoms with van der Waals surface area (Å²) in [5.74, 6) is -0.532. The van der Waals surface area contributed by atoms with Crippen LogP contribution >= 0.6 is 0 Å². The van der Waals surface area contributed by atoms with Gasteiger partial charge < -0.3 is 19.1 Å². The second-order valence-corrected chi connectivity index (χ2v) is 10.1. The molecular weight excluding hydrogens is 489 g/mol. The summed E-state index contributed by atoms with van der Waals surface area (Å²) in [5.41, 5.74) is 0.107. The molecule has 12 heteroatoms. The standard InChI is InChI=1S/C23H25F3N2O6S/c24-23(25,26)34-19-5-3-4-18(16-19)33-17-8-10-27(11-9-17)22(29)20-6-1-2-7-21(20)35(30,31)28-12-14-32-15-13-28/h1-7,16-17H,8-15H2. The lowest BCUT2D eigenvalue weighted by molar-refractivity contribution is -0.274. The average molecular weight is 515 g/mol. The molecule has 35 heavy (non-hydrogen) atoms. The van der Waals surface area contributed by atoms with Crippen LogP contribution in [0, 0.1) is 0 Å². The molecule has 0 unspecified atom stereocenters. The quantitative estimate of drug-likeness (QED) is 0.588. The highest BCUT2D eigenvalue weighted by atomic mass is 32.2. The van der Waals surface area contributed by atoms with Crippen molar-refractivity contribution >= 4 is 15.9 Å².